The van der Waals surface area contributed by atoms with Gasteiger partial charge in [-0.2, -0.15) is 10.2 Å². The van der Waals surface area contributed by atoms with Crippen molar-refractivity contribution in [2.24, 2.45) is 5.41 Å². The van der Waals surface area contributed by atoms with E-state index in [1.165, 1.54) is 6.07 Å². The maximum atomic E-state index is 15.3. The van der Waals surface area contributed by atoms with Gasteiger partial charge >= 0.3 is 0 Å². The Balaban J connectivity index is 0.00000148. The number of hydrogen-bond acceptors (Lipinski definition) is 6. The van der Waals surface area contributed by atoms with Crippen LogP contribution in [0.15, 0.2) is 36.4 Å². The number of aromatic nitrogens is 4. The van der Waals surface area contributed by atoms with Gasteiger partial charge in [0.15, 0.2) is 0 Å². The lowest BCUT2D eigenvalue weighted by Crippen LogP contribution is -2.27. The van der Waals surface area contributed by atoms with Crippen molar-refractivity contribution in [1.82, 2.24) is 24.5 Å². The third-order valence-electron chi connectivity index (χ3n) is 6.09. The van der Waals surface area contributed by atoms with Gasteiger partial charge in [0.1, 0.15) is 22.9 Å². The zero-order chi connectivity index (χ0) is 26.0. The molecule has 0 aliphatic carbocycles. The zero-order valence-electron chi connectivity index (χ0n) is 21.6. The number of anilines is 2. The molecule has 4 aromatic rings. The van der Waals surface area contributed by atoms with Gasteiger partial charge in [0.25, 0.3) is 5.78 Å². The van der Waals surface area contributed by atoms with Crippen LogP contribution in [0.4, 0.5) is 15.9 Å². The Morgan fingerprint density at radius 2 is 1.81 bits per heavy atom. The number of rotatable bonds is 1. The van der Waals surface area contributed by atoms with E-state index < -0.39 is 5.41 Å². The molecule has 3 heterocycles. The second-order valence-corrected chi connectivity index (χ2v) is 9.13. The lowest BCUT2D eigenvalue weighted by molar-refractivity contribution is 0.343. The molecule has 2 aromatic heterocycles. The molecule has 0 N–H and O–H groups in total. The smallest absolute Gasteiger partial charge is 0.257 e. The molecule has 0 fully saturated rings. The van der Waals surface area contributed by atoms with Crippen LogP contribution in [0.25, 0.3) is 16.7 Å². The zero-order valence-corrected chi connectivity index (χ0v) is 21.6. The first-order chi connectivity index (χ1) is 17.3. The van der Waals surface area contributed by atoms with Gasteiger partial charge in [-0.05, 0) is 52.1 Å². The molecule has 0 atom stereocenters. The second-order valence-electron chi connectivity index (χ2n) is 9.13. The van der Waals surface area contributed by atoms with E-state index in [-0.39, 0.29) is 5.82 Å². The van der Waals surface area contributed by atoms with E-state index >= 15 is 4.39 Å². The van der Waals surface area contributed by atoms with Gasteiger partial charge in [0.2, 0.25) is 0 Å². The number of aryl methyl sites for hydroxylation is 1. The number of halogens is 1. The van der Waals surface area contributed by atoms with Gasteiger partial charge in [-0.15, -0.1) is 10.2 Å². The van der Waals surface area contributed by atoms with Crippen molar-refractivity contribution in [1.29, 1.82) is 5.26 Å². The first-order valence-corrected chi connectivity index (χ1v) is 12.1. The minimum absolute atomic E-state index is 0.346. The van der Waals surface area contributed by atoms with Crippen molar-refractivity contribution >= 4 is 28.2 Å². The highest BCUT2D eigenvalue weighted by Crippen LogP contribution is 2.37. The summed E-state index contributed by atoms with van der Waals surface area (Å²) in [6.07, 6.45) is 0. The highest BCUT2D eigenvalue weighted by Gasteiger charge is 2.26. The summed E-state index contributed by atoms with van der Waals surface area (Å²) in [6, 6.07) is 13.2. The van der Waals surface area contributed by atoms with Gasteiger partial charge < -0.3 is 9.80 Å². The van der Waals surface area contributed by atoms with Gasteiger partial charge in [0, 0.05) is 36.4 Å². The van der Waals surface area contributed by atoms with Crippen LogP contribution in [0.5, 0.6) is 0 Å². The summed E-state index contributed by atoms with van der Waals surface area (Å²) in [5.41, 5.74) is 2.71. The number of hydrogen-bond donors (Lipinski definition) is 0. The fourth-order valence-corrected chi connectivity index (χ4v) is 4.29. The molecule has 0 unspecified atom stereocenters. The quantitative estimate of drug-likeness (QED) is 0.345. The minimum atomic E-state index is -0.753. The molecule has 0 saturated carbocycles. The molecular formula is C28H30FN7. The van der Waals surface area contributed by atoms with Crippen LogP contribution in [0, 0.1) is 41.3 Å². The Hall–Kier alpha value is -4.01. The number of benzene rings is 2. The van der Waals surface area contributed by atoms with E-state index in [0.29, 0.717) is 41.4 Å². The third-order valence-corrected chi connectivity index (χ3v) is 6.09. The van der Waals surface area contributed by atoms with Crippen LogP contribution < -0.4 is 4.90 Å². The molecule has 5 rings (SSSR count). The standard InChI is InChI=1S/C26H24FN7.C2H6/c1-17-30-31-25-29-24(23-20(27)8-6-10-22(23)34(17)25)33-14-13-32(4)15-19-18(7-5-9-21(19)33)11-12-26(2,3)16-28;1-2/h5-10H,13-15H2,1-4H3;1-2H3. The predicted molar refractivity (Wildman–Crippen MR) is 140 cm³/mol. The molecule has 0 bridgehead atoms. The van der Waals surface area contributed by atoms with Gasteiger partial charge in [-0.1, -0.05) is 37.8 Å². The Morgan fingerprint density at radius 1 is 1.06 bits per heavy atom. The molecule has 2 aromatic carbocycles. The van der Waals surface area contributed by atoms with E-state index in [4.69, 9.17) is 4.98 Å². The molecule has 184 valence electrons. The molecule has 1 aliphatic rings. The monoisotopic (exact) mass is 483 g/mol. The maximum Gasteiger partial charge on any atom is 0.257 e. The third kappa shape index (κ3) is 4.48. The van der Waals surface area contributed by atoms with E-state index in [1.807, 2.05) is 52.1 Å². The Bertz CT molecular complexity index is 1540. The van der Waals surface area contributed by atoms with E-state index in [9.17, 15) is 5.26 Å². The van der Waals surface area contributed by atoms with Crippen LogP contribution in [-0.2, 0) is 6.54 Å². The van der Waals surface area contributed by atoms with Gasteiger partial charge in [-0.25, -0.2) is 4.39 Å². The Labute approximate surface area is 211 Å². The number of nitriles is 1. The lowest BCUT2D eigenvalue weighted by atomic mass is 9.95. The van der Waals surface area contributed by atoms with Crippen LogP contribution in [0.1, 0.15) is 44.6 Å². The average Bonchev–Trinajstić information content (AvgIpc) is 3.16. The van der Waals surface area contributed by atoms with Crippen LogP contribution in [0.2, 0.25) is 0 Å². The number of likely N-dealkylation sites (N-methyl/N-ethyl adjacent to an activating group) is 1. The van der Waals surface area contributed by atoms with Crippen LogP contribution in [0.3, 0.4) is 0 Å². The molecule has 0 radical (unpaired) electrons. The number of nitrogens with zero attached hydrogens (tertiary/aromatic N) is 7. The summed E-state index contributed by atoms with van der Waals surface area (Å²) in [7, 11) is 2.05. The molecule has 0 saturated heterocycles. The molecule has 8 heteroatoms. The second kappa shape index (κ2) is 9.93. The SMILES string of the molecule is CC.Cc1nnc2nc(N3CCN(C)Cc4c(C#CC(C)(C)C#N)cccc43)c3c(F)cccc3n12. The average molecular weight is 484 g/mol. The topological polar surface area (TPSA) is 73.3 Å². The van der Waals surface area contributed by atoms with E-state index in [1.54, 1.807) is 24.3 Å². The Morgan fingerprint density at radius 3 is 2.56 bits per heavy atom. The van der Waals surface area contributed by atoms with E-state index in [0.717, 1.165) is 23.4 Å². The van der Waals surface area contributed by atoms with Crippen LogP contribution in [-0.4, -0.2) is 44.6 Å². The summed E-state index contributed by atoms with van der Waals surface area (Å²) in [4.78, 5) is 9.04. The summed E-state index contributed by atoms with van der Waals surface area (Å²) in [5, 5.41) is 18.2. The van der Waals surface area contributed by atoms with Gasteiger partial charge in [0.05, 0.1) is 17.0 Å². The van der Waals surface area contributed by atoms with Crippen molar-refractivity contribution < 1.29 is 4.39 Å². The van der Waals surface area contributed by atoms with Gasteiger partial charge in [-0.3, -0.25) is 4.40 Å². The van der Waals surface area contributed by atoms with E-state index in [2.05, 4.69) is 37.9 Å². The molecule has 36 heavy (non-hydrogen) atoms. The highest BCUT2D eigenvalue weighted by atomic mass is 19.1. The molecule has 0 spiro atoms. The largest absolute Gasteiger partial charge is 0.324 e. The van der Waals surface area contributed by atoms with Crippen molar-refractivity contribution in [3.8, 4) is 17.9 Å². The fourth-order valence-electron chi connectivity index (χ4n) is 4.29. The minimum Gasteiger partial charge on any atom is -0.324 e. The fraction of sp³-hybridized carbons (Fsp3) is 0.357. The summed E-state index contributed by atoms with van der Waals surface area (Å²) < 4.78 is 17.1. The number of fused-ring (bicyclic) bond motifs is 4. The first kappa shape index (κ1) is 25.1. The van der Waals surface area contributed by atoms with Crippen LogP contribution >= 0.6 is 0 Å². The maximum absolute atomic E-state index is 15.3. The normalized spacial score (nSPS) is 13.8. The molecular weight excluding hydrogens is 453 g/mol. The summed E-state index contributed by atoms with van der Waals surface area (Å²) >= 11 is 0. The highest BCUT2D eigenvalue weighted by molar-refractivity contribution is 5.94. The lowest BCUT2D eigenvalue weighted by Gasteiger charge is -2.26. The van der Waals surface area contributed by atoms with Crippen molar-refractivity contribution in [3.63, 3.8) is 0 Å². The first-order valence-electron chi connectivity index (χ1n) is 12.1. The molecule has 7 nitrogen and oxygen atoms in total. The van der Waals surface area contributed by atoms with Crippen molar-refractivity contribution in [3.05, 3.63) is 59.2 Å². The summed E-state index contributed by atoms with van der Waals surface area (Å²) in [5.74, 6) is 7.54. The predicted octanol–water partition coefficient (Wildman–Crippen LogP) is 5.24. The van der Waals surface area contributed by atoms with Crippen molar-refractivity contribution in [2.45, 2.75) is 41.2 Å². The molecule has 1 aliphatic heterocycles. The molecule has 0 amide bonds. The van der Waals surface area contributed by atoms with Crippen molar-refractivity contribution in [2.75, 3.05) is 25.0 Å². The Kier molecular flexibility index (Phi) is 6.92. The summed E-state index contributed by atoms with van der Waals surface area (Å²) in [6.45, 7) is 11.5.